The van der Waals surface area contributed by atoms with E-state index in [0.717, 1.165) is 30.7 Å². The summed E-state index contributed by atoms with van der Waals surface area (Å²) >= 11 is 1.32. The molecule has 3 atom stereocenters. The van der Waals surface area contributed by atoms with Gasteiger partial charge in [0.05, 0.1) is 12.2 Å². The lowest BCUT2D eigenvalue weighted by molar-refractivity contribution is -0.300. The number of thiophene rings is 1. The number of hydrogen-bond acceptors (Lipinski definition) is 6. The third-order valence-corrected chi connectivity index (χ3v) is 5.65. The van der Waals surface area contributed by atoms with Crippen molar-refractivity contribution in [1.82, 2.24) is 5.32 Å². The van der Waals surface area contributed by atoms with Crippen LogP contribution in [0.25, 0.3) is 0 Å². The van der Waals surface area contributed by atoms with Gasteiger partial charge < -0.3 is 25.4 Å². The minimum atomic E-state index is -0.891. The van der Waals surface area contributed by atoms with E-state index in [2.05, 4.69) is 11.9 Å². The van der Waals surface area contributed by atoms with Gasteiger partial charge in [-0.25, -0.2) is 0 Å². The van der Waals surface area contributed by atoms with Crippen LogP contribution in [-0.4, -0.2) is 42.0 Å². The zero-order chi connectivity index (χ0) is 19.1. The minimum absolute atomic E-state index is 0.0303. The predicted molar refractivity (Wildman–Crippen MR) is 99.0 cm³/mol. The molecule has 146 valence electrons. The number of hydrogen-bond donors (Lipinski definition) is 3. The third-order valence-electron chi connectivity index (χ3n) is 4.81. The molecule has 1 aromatic heterocycles. The first-order valence-corrected chi connectivity index (χ1v) is 9.91. The maximum Gasteiger partial charge on any atom is 0.252 e. The Morgan fingerprint density at radius 1 is 1.50 bits per heavy atom. The smallest absolute Gasteiger partial charge is 0.252 e. The van der Waals surface area contributed by atoms with Crippen LogP contribution in [0.4, 0.5) is 0 Å². The fraction of sp³-hybridized carbons (Fsp3) is 0.632. The third kappa shape index (κ3) is 6.30. The van der Waals surface area contributed by atoms with Gasteiger partial charge >= 0.3 is 0 Å². The molecule has 0 bridgehead atoms. The summed E-state index contributed by atoms with van der Waals surface area (Å²) in [7, 11) is 0. The number of carbonyl (C=O) groups excluding carboxylic acids is 1. The van der Waals surface area contributed by atoms with Crippen LogP contribution in [-0.2, 0) is 0 Å². The molecule has 7 heteroatoms. The molecule has 1 heterocycles. The lowest BCUT2D eigenvalue weighted by Gasteiger charge is -2.07. The van der Waals surface area contributed by atoms with Crippen LogP contribution >= 0.6 is 11.3 Å². The van der Waals surface area contributed by atoms with Crippen molar-refractivity contribution in [2.24, 2.45) is 17.8 Å². The zero-order valence-electron chi connectivity index (χ0n) is 15.1. The van der Waals surface area contributed by atoms with Crippen LogP contribution in [0.15, 0.2) is 23.8 Å². The fourth-order valence-corrected chi connectivity index (χ4v) is 4.34. The van der Waals surface area contributed by atoms with Gasteiger partial charge in [-0.3, -0.25) is 4.79 Å². The number of fused-ring (bicyclic) bond motifs is 1. The molecule has 0 radical (unpaired) electrons. The SMILES string of the molecule is C=C(C)[O-].O=C(NCCC1C2CCCC21)c1csc(OCC(O)CO)c1. The molecule has 26 heavy (non-hydrogen) atoms. The summed E-state index contributed by atoms with van der Waals surface area (Å²) in [5, 5.41) is 32.6. The summed E-state index contributed by atoms with van der Waals surface area (Å²) in [4.78, 5) is 12.1. The van der Waals surface area contributed by atoms with E-state index in [9.17, 15) is 15.0 Å². The van der Waals surface area contributed by atoms with Gasteiger partial charge in [0.15, 0.2) is 5.06 Å². The van der Waals surface area contributed by atoms with Crippen LogP contribution in [0.2, 0.25) is 0 Å². The van der Waals surface area contributed by atoms with E-state index in [1.54, 1.807) is 11.4 Å². The molecule has 6 nitrogen and oxygen atoms in total. The van der Waals surface area contributed by atoms with E-state index in [0.29, 0.717) is 10.6 Å². The highest BCUT2D eigenvalue weighted by Gasteiger charge is 2.51. The van der Waals surface area contributed by atoms with E-state index < -0.39 is 6.10 Å². The van der Waals surface area contributed by atoms with Crippen molar-refractivity contribution in [3.63, 3.8) is 0 Å². The molecule has 3 N–H and O–H groups in total. The summed E-state index contributed by atoms with van der Waals surface area (Å²) in [6.07, 6.45) is 4.36. The number of allylic oxidation sites excluding steroid dienone is 1. The standard InChI is InChI=1S/C16H23NO4S.C3H6O/c18-7-11(19)8-21-15-6-10(9-22-15)16(20)17-5-4-14-12-2-1-3-13(12)14;1-3(2)4/h6,9,11-14,18-19H,1-5,7-8H2,(H,17,20);4H,1H2,2H3/p-1. The van der Waals surface area contributed by atoms with Crippen molar-refractivity contribution >= 4 is 17.2 Å². The Balaban J connectivity index is 0.000000552. The molecule has 2 aliphatic carbocycles. The number of rotatable bonds is 8. The van der Waals surface area contributed by atoms with Crippen molar-refractivity contribution in [2.45, 2.75) is 38.7 Å². The second-order valence-electron chi connectivity index (χ2n) is 6.97. The van der Waals surface area contributed by atoms with Crippen molar-refractivity contribution in [3.05, 3.63) is 29.3 Å². The van der Waals surface area contributed by atoms with Gasteiger partial charge in [0.25, 0.3) is 5.91 Å². The second-order valence-corrected chi connectivity index (χ2v) is 7.84. The summed E-state index contributed by atoms with van der Waals surface area (Å²) in [5.41, 5.74) is 0.592. The average Bonchev–Trinajstić information content (AvgIpc) is 3.02. The van der Waals surface area contributed by atoms with Crippen LogP contribution in [0, 0.1) is 17.8 Å². The molecule has 2 saturated carbocycles. The van der Waals surface area contributed by atoms with E-state index in [-0.39, 0.29) is 24.9 Å². The molecule has 0 aromatic carbocycles. The van der Waals surface area contributed by atoms with E-state index in [1.165, 1.54) is 37.5 Å². The van der Waals surface area contributed by atoms with Crippen molar-refractivity contribution in [2.75, 3.05) is 19.8 Å². The summed E-state index contributed by atoms with van der Waals surface area (Å²) in [6.45, 7) is 4.86. The van der Waals surface area contributed by atoms with Crippen LogP contribution in [0.3, 0.4) is 0 Å². The molecule has 0 saturated heterocycles. The lowest BCUT2D eigenvalue weighted by Crippen LogP contribution is -2.24. The first kappa shape index (κ1) is 20.7. The summed E-state index contributed by atoms with van der Waals surface area (Å²) in [5.74, 6) is 2.57. The highest BCUT2D eigenvalue weighted by atomic mass is 32.1. The predicted octanol–water partition coefficient (Wildman–Crippen LogP) is 1.53. The molecule has 1 aromatic rings. The fourth-order valence-electron chi connectivity index (χ4n) is 3.59. The largest absolute Gasteiger partial charge is 0.876 e. The van der Waals surface area contributed by atoms with Gasteiger partial charge in [0, 0.05) is 18.0 Å². The van der Waals surface area contributed by atoms with Gasteiger partial charge in [0.2, 0.25) is 0 Å². The first-order valence-electron chi connectivity index (χ1n) is 9.03. The quantitative estimate of drug-likeness (QED) is 0.592. The molecule has 2 aliphatic rings. The zero-order valence-corrected chi connectivity index (χ0v) is 16.0. The monoisotopic (exact) mass is 382 g/mol. The summed E-state index contributed by atoms with van der Waals surface area (Å²) in [6, 6.07) is 1.68. The number of aliphatic hydroxyl groups excluding tert-OH is 2. The van der Waals surface area contributed by atoms with Crippen LogP contribution in [0.5, 0.6) is 5.06 Å². The Morgan fingerprint density at radius 2 is 2.15 bits per heavy atom. The number of carbonyl (C=O) groups is 1. The van der Waals surface area contributed by atoms with Gasteiger partial charge in [-0.05, 0) is 37.0 Å². The number of aliphatic hydroxyl groups is 2. The average molecular weight is 383 g/mol. The van der Waals surface area contributed by atoms with Crippen molar-refractivity contribution < 1.29 is 24.9 Å². The van der Waals surface area contributed by atoms with Crippen molar-refractivity contribution in [1.29, 1.82) is 0 Å². The van der Waals surface area contributed by atoms with E-state index in [1.807, 2.05) is 0 Å². The van der Waals surface area contributed by atoms with Gasteiger partial charge in [0.1, 0.15) is 12.7 Å². The lowest BCUT2D eigenvalue weighted by atomic mass is 10.1. The van der Waals surface area contributed by atoms with Gasteiger partial charge in [-0.1, -0.05) is 13.3 Å². The Bertz CT molecular complexity index is 589. The van der Waals surface area contributed by atoms with Crippen LogP contribution in [0.1, 0.15) is 43.0 Å². The Kier molecular flexibility index (Phi) is 7.93. The minimum Gasteiger partial charge on any atom is -0.876 e. The normalized spacial score (nSPS) is 24.0. The Hall–Kier alpha value is -1.57. The molecule has 0 aliphatic heterocycles. The molecule has 1 amide bonds. The number of amides is 1. The topological polar surface area (TPSA) is 102 Å². The number of nitrogens with one attached hydrogen (secondary N) is 1. The van der Waals surface area contributed by atoms with E-state index in [4.69, 9.17) is 9.84 Å². The highest BCUT2D eigenvalue weighted by molar-refractivity contribution is 7.12. The van der Waals surface area contributed by atoms with Gasteiger partial charge in [-0.15, -0.1) is 23.7 Å². The molecule has 3 rings (SSSR count). The maximum atomic E-state index is 12.1. The molecule has 3 unspecified atom stereocenters. The first-order chi connectivity index (χ1) is 12.4. The second kappa shape index (κ2) is 9.94. The molecule has 0 spiro atoms. The van der Waals surface area contributed by atoms with E-state index >= 15 is 0 Å². The summed E-state index contributed by atoms with van der Waals surface area (Å²) < 4.78 is 5.32. The Morgan fingerprint density at radius 3 is 2.77 bits per heavy atom. The number of ether oxygens (including phenoxy) is 1. The van der Waals surface area contributed by atoms with Crippen LogP contribution < -0.4 is 15.2 Å². The van der Waals surface area contributed by atoms with Crippen molar-refractivity contribution in [3.8, 4) is 5.06 Å². The molecule has 2 fully saturated rings. The maximum absolute atomic E-state index is 12.1. The Labute approximate surface area is 158 Å². The highest BCUT2D eigenvalue weighted by Crippen LogP contribution is 2.58. The molecular weight excluding hydrogens is 354 g/mol. The van der Waals surface area contributed by atoms with Gasteiger partial charge in [-0.2, -0.15) is 0 Å². The molecular formula is C19H28NO5S-.